The van der Waals surface area contributed by atoms with Gasteiger partial charge in [-0.15, -0.1) is 0 Å². The molecule has 1 saturated heterocycles. The molecule has 1 amide bonds. The number of ketones is 1. The quantitative estimate of drug-likeness (QED) is 0.545. The molecular formula is C17H27NO7. The summed E-state index contributed by atoms with van der Waals surface area (Å²) in [6, 6.07) is -1.01. The first-order valence-electron chi connectivity index (χ1n) is 8.20. The Morgan fingerprint density at radius 1 is 1.20 bits per heavy atom. The van der Waals surface area contributed by atoms with E-state index in [0.717, 1.165) is 4.90 Å². The highest BCUT2D eigenvalue weighted by atomic mass is 16.6. The highest BCUT2D eigenvalue weighted by Gasteiger charge is 2.55. The molecule has 0 aliphatic carbocycles. The number of carbonyl (C=O) groups is 4. The third kappa shape index (κ3) is 5.17. The SMILES string of the molecule is CCOC(=O)[C@@]1(CC(C)=O)C[C@@H](C(=O)OC)N(C(=O)OC(C)(C)C)C1. The Hall–Kier alpha value is -2.12. The van der Waals surface area contributed by atoms with Crippen molar-refractivity contribution in [1.82, 2.24) is 4.90 Å². The monoisotopic (exact) mass is 357 g/mol. The molecule has 0 aromatic heterocycles. The number of amides is 1. The van der Waals surface area contributed by atoms with E-state index < -0.39 is 35.1 Å². The lowest BCUT2D eigenvalue weighted by atomic mass is 9.80. The Morgan fingerprint density at radius 3 is 2.24 bits per heavy atom. The number of ether oxygens (including phenoxy) is 3. The molecule has 0 aromatic rings. The van der Waals surface area contributed by atoms with Gasteiger partial charge in [-0.05, 0) is 41.0 Å². The van der Waals surface area contributed by atoms with Crippen molar-refractivity contribution in [1.29, 1.82) is 0 Å². The maximum absolute atomic E-state index is 12.5. The fourth-order valence-electron chi connectivity index (χ4n) is 2.95. The van der Waals surface area contributed by atoms with E-state index >= 15 is 0 Å². The van der Waals surface area contributed by atoms with Crippen molar-refractivity contribution in [3.05, 3.63) is 0 Å². The van der Waals surface area contributed by atoms with Gasteiger partial charge in [0.05, 0.1) is 19.1 Å². The minimum absolute atomic E-state index is 0.0443. The second-order valence-electron chi connectivity index (χ2n) is 7.23. The molecule has 0 saturated carbocycles. The van der Waals surface area contributed by atoms with Gasteiger partial charge in [0.25, 0.3) is 0 Å². The molecule has 142 valence electrons. The second-order valence-corrected chi connectivity index (χ2v) is 7.23. The summed E-state index contributed by atoms with van der Waals surface area (Å²) in [6.45, 7) is 8.09. The average molecular weight is 357 g/mol. The van der Waals surface area contributed by atoms with E-state index in [0.29, 0.717) is 0 Å². The molecular weight excluding hydrogens is 330 g/mol. The highest BCUT2D eigenvalue weighted by molar-refractivity contribution is 5.90. The van der Waals surface area contributed by atoms with Crippen LogP contribution in [0, 0.1) is 5.41 Å². The van der Waals surface area contributed by atoms with E-state index in [4.69, 9.17) is 14.2 Å². The third-order valence-corrected chi connectivity index (χ3v) is 3.83. The number of methoxy groups -OCH3 is 1. The van der Waals surface area contributed by atoms with Crippen molar-refractivity contribution in [2.24, 2.45) is 5.41 Å². The maximum Gasteiger partial charge on any atom is 0.411 e. The van der Waals surface area contributed by atoms with E-state index in [1.165, 1.54) is 14.0 Å². The first-order valence-corrected chi connectivity index (χ1v) is 8.20. The van der Waals surface area contributed by atoms with Gasteiger partial charge in [0, 0.05) is 13.0 Å². The number of hydrogen-bond donors (Lipinski definition) is 0. The smallest absolute Gasteiger partial charge is 0.411 e. The van der Waals surface area contributed by atoms with Crippen molar-refractivity contribution in [3.8, 4) is 0 Å². The largest absolute Gasteiger partial charge is 0.467 e. The molecule has 8 heteroatoms. The Labute approximate surface area is 147 Å². The predicted molar refractivity (Wildman–Crippen MR) is 87.7 cm³/mol. The van der Waals surface area contributed by atoms with Crippen molar-refractivity contribution >= 4 is 23.8 Å². The summed E-state index contributed by atoms with van der Waals surface area (Å²) in [5.74, 6) is -1.51. The van der Waals surface area contributed by atoms with E-state index in [9.17, 15) is 19.2 Å². The molecule has 2 atom stereocenters. The number of esters is 2. The summed E-state index contributed by atoms with van der Waals surface area (Å²) < 4.78 is 15.2. The number of nitrogens with zero attached hydrogens (tertiary/aromatic N) is 1. The topological polar surface area (TPSA) is 99.2 Å². The van der Waals surface area contributed by atoms with E-state index in [1.807, 2.05) is 0 Å². The molecule has 0 spiro atoms. The van der Waals surface area contributed by atoms with Crippen LogP contribution in [0.4, 0.5) is 4.79 Å². The molecule has 0 unspecified atom stereocenters. The molecule has 1 aliphatic rings. The zero-order chi connectivity index (χ0) is 19.4. The average Bonchev–Trinajstić information content (AvgIpc) is 2.85. The molecule has 25 heavy (non-hydrogen) atoms. The molecule has 1 aliphatic heterocycles. The fraction of sp³-hybridized carbons (Fsp3) is 0.765. The molecule has 1 fully saturated rings. The summed E-state index contributed by atoms with van der Waals surface area (Å²) in [5, 5.41) is 0. The molecule has 1 rings (SSSR count). The Morgan fingerprint density at radius 2 is 1.80 bits per heavy atom. The highest BCUT2D eigenvalue weighted by Crippen LogP contribution is 2.40. The third-order valence-electron chi connectivity index (χ3n) is 3.83. The van der Waals surface area contributed by atoms with Crippen molar-refractivity contribution < 1.29 is 33.4 Å². The maximum atomic E-state index is 12.5. The molecule has 0 N–H and O–H groups in total. The number of rotatable bonds is 5. The van der Waals surface area contributed by atoms with E-state index in [1.54, 1.807) is 27.7 Å². The lowest BCUT2D eigenvalue weighted by Gasteiger charge is -2.28. The molecule has 0 radical (unpaired) electrons. The zero-order valence-corrected chi connectivity index (χ0v) is 15.7. The zero-order valence-electron chi connectivity index (χ0n) is 15.7. The Balaban J connectivity index is 3.22. The minimum Gasteiger partial charge on any atom is -0.467 e. The van der Waals surface area contributed by atoms with Crippen LogP contribution in [-0.2, 0) is 28.6 Å². The van der Waals surface area contributed by atoms with Crippen LogP contribution in [0.5, 0.6) is 0 Å². The number of hydrogen-bond acceptors (Lipinski definition) is 7. The van der Waals surface area contributed by atoms with Gasteiger partial charge in [0.15, 0.2) is 0 Å². The fourth-order valence-corrected chi connectivity index (χ4v) is 2.95. The number of carbonyl (C=O) groups excluding carboxylic acids is 4. The molecule has 0 aromatic carbocycles. The van der Waals surface area contributed by atoms with Crippen LogP contribution >= 0.6 is 0 Å². The number of Topliss-reactive ketones (excluding diaryl/α,β-unsaturated/α-hetero) is 1. The Bertz CT molecular complexity index is 552. The minimum atomic E-state index is -1.28. The van der Waals surface area contributed by atoms with Crippen molar-refractivity contribution in [3.63, 3.8) is 0 Å². The second kappa shape index (κ2) is 7.84. The van der Waals surface area contributed by atoms with Gasteiger partial charge in [-0.25, -0.2) is 9.59 Å². The van der Waals surface area contributed by atoms with Crippen LogP contribution in [0.1, 0.15) is 47.5 Å². The molecule has 1 heterocycles. The van der Waals surface area contributed by atoms with E-state index in [-0.39, 0.29) is 31.8 Å². The summed E-state index contributed by atoms with van der Waals surface area (Å²) in [7, 11) is 1.20. The van der Waals surface area contributed by atoms with Gasteiger partial charge in [0.1, 0.15) is 17.4 Å². The first-order chi connectivity index (χ1) is 11.5. The normalized spacial score (nSPS) is 23.1. The van der Waals surface area contributed by atoms with Crippen molar-refractivity contribution in [2.45, 2.75) is 59.1 Å². The van der Waals surface area contributed by atoms with Gasteiger partial charge < -0.3 is 14.2 Å². The summed E-state index contributed by atoms with van der Waals surface area (Å²) in [4.78, 5) is 50.0. The first kappa shape index (κ1) is 20.9. The van der Waals surface area contributed by atoms with E-state index in [2.05, 4.69) is 0 Å². The van der Waals surface area contributed by atoms with Gasteiger partial charge in [-0.3, -0.25) is 14.5 Å². The number of likely N-dealkylation sites (tertiary alicyclic amines) is 1. The van der Waals surface area contributed by atoms with Crippen LogP contribution in [-0.4, -0.2) is 60.6 Å². The summed E-state index contributed by atoms with van der Waals surface area (Å²) in [6.07, 6.45) is -0.909. The summed E-state index contributed by atoms with van der Waals surface area (Å²) >= 11 is 0. The van der Waals surface area contributed by atoms with Crippen LogP contribution in [0.3, 0.4) is 0 Å². The van der Waals surface area contributed by atoms with Crippen LogP contribution < -0.4 is 0 Å². The van der Waals surface area contributed by atoms with Crippen LogP contribution in [0.2, 0.25) is 0 Å². The predicted octanol–water partition coefficient (Wildman–Crippen LogP) is 1.70. The van der Waals surface area contributed by atoms with Gasteiger partial charge in [0.2, 0.25) is 0 Å². The lowest BCUT2D eigenvalue weighted by Crippen LogP contribution is -2.44. The lowest BCUT2D eigenvalue weighted by molar-refractivity contribution is -0.156. The Kier molecular flexibility index (Phi) is 6.56. The van der Waals surface area contributed by atoms with Crippen LogP contribution in [0.15, 0.2) is 0 Å². The summed E-state index contributed by atoms with van der Waals surface area (Å²) in [5.41, 5.74) is -2.05. The standard InChI is InChI=1S/C17H27NO7/c1-7-24-14(21)17(8-11(2)19)9-12(13(20)23-6)18(10-17)15(22)25-16(3,4)5/h12H,7-10H2,1-6H3/t12-,17-/m0/s1. The van der Waals surface area contributed by atoms with Crippen molar-refractivity contribution in [2.75, 3.05) is 20.3 Å². The van der Waals surface area contributed by atoms with Gasteiger partial charge >= 0.3 is 18.0 Å². The van der Waals surface area contributed by atoms with Gasteiger partial charge in [-0.1, -0.05) is 0 Å². The van der Waals surface area contributed by atoms with Crippen LogP contribution in [0.25, 0.3) is 0 Å². The van der Waals surface area contributed by atoms with Gasteiger partial charge in [-0.2, -0.15) is 0 Å². The molecule has 0 bridgehead atoms. The molecule has 8 nitrogen and oxygen atoms in total.